The van der Waals surface area contributed by atoms with Crippen molar-refractivity contribution in [2.45, 2.75) is 70.9 Å². The Kier molecular flexibility index (Phi) is 13.9. The van der Waals surface area contributed by atoms with E-state index in [2.05, 4.69) is 70.7 Å². The fourth-order valence-corrected chi connectivity index (χ4v) is 12.1. The highest BCUT2D eigenvalue weighted by molar-refractivity contribution is 9.10. The molecule has 3 aromatic carbocycles. The molecule has 3 fully saturated rings. The lowest BCUT2D eigenvalue weighted by Crippen LogP contribution is -2.54. The number of hydrogen-bond donors (Lipinski definition) is 3. The number of rotatable bonds is 13. The number of piperazine rings is 1. The number of aryl methyl sites for hydroxylation is 3. The van der Waals surface area contributed by atoms with Crippen molar-refractivity contribution in [2.75, 3.05) is 75.2 Å². The van der Waals surface area contributed by atoms with Crippen molar-refractivity contribution in [3.8, 4) is 5.75 Å². The van der Waals surface area contributed by atoms with Crippen LogP contribution in [0.4, 0.5) is 33.2 Å². The van der Waals surface area contributed by atoms with E-state index in [4.69, 9.17) is 9.72 Å². The van der Waals surface area contributed by atoms with Crippen LogP contribution in [0.1, 0.15) is 62.4 Å². The van der Waals surface area contributed by atoms with E-state index < -0.39 is 24.9 Å². The maximum Gasteiger partial charge on any atom is 0.329 e. The summed E-state index contributed by atoms with van der Waals surface area (Å²) in [6, 6.07) is 14.1. The summed E-state index contributed by atoms with van der Waals surface area (Å²) in [7, 11) is 0.345. The normalized spacial score (nSPS) is 17.3. The molecule has 3 amide bonds. The Labute approximate surface area is 413 Å². The first kappa shape index (κ1) is 48.8. The Balaban J connectivity index is 0.837. The van der Waals surface area contributed by atoms with E-state index in [1.54, 1.807) is 45.8 Å². The second-order valence-electron chi connectivity index (χ2n) is 18.6. The molecule has 0 radical (unpaired) electrons. The van der Waals surface area contributed by atoms with E-state index in [9.17, 15) is 23.7 Å². The number of nitrogens with zero attached hydrogens (tertiary/aromatic N) is 8. The molecule has 3 saturated heterocycles. The Hall–Kier alpha value is -6.17. The fraction of sp³-hybridized carbons (Fsp3) is 0.420. The van der Waals surface area contributed by atoms with Crippen LogP contribution >= 0.6 is 23.1 Å². The van der Waals surface area contributed by atoms with Crippen LogP contribution in [-0.2, 0) is 45.3 Å². The van der Waals surface area contributed by atoms with Crippen molar-refractivity contribution in [3.05, 3.63) is 92.3 Å². The molecular formula is C50H58BrFN11O6P. The number of pyridine rings is 1. The van der Waals surface area contributed by atoms with Crippen LogP contribution in [0.25, 0.3) is 21.9 Å². The van der Waals surface area contributed by atoms with Gasteiger partial charge in [-0.15, -0.1) is 0 Å². The van der Waals surface area contributed by atoms with Crippen molar-refractivity contribution >= 4 is 96.9 Å². The van der Waals surface area contributed by atoms with E-state index in [1.807, 2.05) is 30.0 Å². The second kappa shape index (κ2) is 19.9. The Bertz CT molecular complexity index is 3160. The molecule has 9 rings (SSSR count). The van der Waals surface area contributed by atoms with Gasteiger partial charge in [0.05, 0.1) is 40.4 Å². The van der Waals surface area contributed by atoms with Gasteiger partial charge in [0.1, 0.15) is 30.3 Å². The number of methoxy groups -OCH3 is 1. The first-order valence-corrected chi connectivity index (χ1v) is 27.2. The van der Waals surface area contributed by atoms with Crippen LogP contribution in [0.2, 0.25) is 0 Å². The summed E-state index contributed by atoms with van der Waals surface area (Å²) in [6.45, 7) is 11.9. The average molecular weight is 1040 g/mol. The van der Waals surface area contributed by atoms with Crippen LogP contribution < -0.4 is 36.6 Å². The number of imide groups is 1. The summed E-state index contributed by atoms with van der Waals surface area (Å²) in [5, 5.41) is 9.92. The third-order valence-electron chi connectivity index (χ3n) is 13.9. The third-order valence-corrected chi connectivity index (χ3v) is 16.1. The standard InChI is InChI=1S/C50H58BrFN11O6P/c1-7-29-24-36(56-49-53-28-34(51)47(58-49)55-37-26-35(52)44-33(46(37)70(5,6)68)13-12-31(8-2)54-44)41(69-4)27-40(29)61-18-16-32(17-19-61)60-20-22-62(23-21-60)43(65)25-30-10-9-11-38-45(30)59(3)50(67)63(38)39-14-15-42(64)57-48(39)66/h9-13,24,26-28,32,39H,7-8,14-23,25H2,1-6H3,(H,57,64,66)(H2,53,55,56,58). The first-order valence-electron chi connectivity index (χ1n) is 23.8. The van der Waals surface area contributed by atoms with Crippen molar-refractivity contribution in [1.29, 1.82) is 0 Å². The summed E-state index contributed by atoms with van der Waals surface area (Å²) >= 11 is 3.55. The van der Waals surface area contributed by atoms with Gasteiger partial charge in [0.15, 0.2) is 5.82 Å². The maximum atomic E-state index is 15.6. The predicted octanol–water partition coefficient (Wildman–Crippen LogP) is 6.78. The smallest absolute Gasteiger partial charge is 0.329 e. The number of para-hydroxylation sites is 1. The largest absolute Gasteiger partial charge is 0.494 e. The number of hydrogen-bond acceptors (Lipinski definition) is 13. The number of ether oxygens (including phenoxy) is 1. The minimum absolute atomic E-state index is 0.00776. The number of aromatic nitrogens is 5. The molecule has 20 heteroatoms. The Morgan fingerprint density at radius 3 is 2.37 bits per heavy atom. The summed E-state index contributed by atoms with van der Waals surface area (Å²) in [6.07, 6.45) is 5.48. The lowest BCUT2D eigenvalue weighted by Gasteiger charge is -2.43. The minimum atomic E-state index is -2.94. The van der Waals surface area contributed by atoms with Crippen LogP contribution in [0.3, 0.4) is 0 Å². The average Bonchev–Trinajstić information content (AvgIpc) is 3.60. The fourth-order valence-electron chi connectivity index (χ4n) is 10.3. The zero-order valence-corrected chi connectivity index (χ0v) is 42.8. The van der Waals surface area contributed by atoms with Gasteiger partial charge in [-0.3, -0.25) is 33.7 Å². The van der Waals surface area contributed by atoms with Gasteiger partial charge >= 0.3 is 5.69 Å². The van der Waals surface area contributed by atoms with Gasteiger partial charge in [-0.1, -0.05) is 32.0 Å². The minimum Gasteiger partial charge on any atom is -0.494 e. The molecular weight excluding hydrogens is 980 g/mol. The van der Waals surface area contributed by atoms with E-state index >= 15 is 4.39 Å². The lowest BCUT2D eigenvalue weighted by atomic mass is 9.99. The number of fused-ring (bicyclic) bond motifs is 2. The van der Waals surface area contributed by atoms with Gasteiger partial charge in [0.2, 0.25) is 23.7 Å². The van der Waals surface area contributed by atoms with Gasteiger partial charge in [-0.2, -0.15) is 4.98 Å². The van der Waals surface area contributed by atoms with Crippen LogP contribution in [-0.4, -0.2) is 117 Å². The predicted molar refractivity (Wildman–Crippen MR) is 275 cm³/mol. The third kappa shape index (κ3) is 9.54. The Morgan fingerprint density at radius 2 is 1.69 bits per heavy atom. The number of halogens is 2. The summed E-state index contributed by atoms with van der Waals surface area (Å²) in [4.78, 5) is 72.4. The van der Waals surface area contributed by atoms with Crippen molar-refractivity contribution in [2.24, 2.45) is 7.05 Å². The number of piperidine rings is 2. The van der Waals surface area contributed by atoms with E-state index in [-0.39, 0.29) is 48.2 Å². The van der Waals surface area contributed by atoms with Crippen molar-refractivity contribution < 1.29 is 28.1 Å². The van der Waals surface area contributed by atoms with Crippen LogP contribution in [0, 0.1) is 5.82 Å². The quantitative estimate of drug-likeness (QED) is 0.0812. The molecule has 3 N–H and O–H groups in total. The second-order valence-corrected chi connectivity index (χ2v) is 22.6. The molecule has 3 aliphatic heterocycles. The molecule has 0 aliphatic carbocycles. The topological polar surface area (TPSA) is 189 Å². The number of imidazole rings is 1. The molecule has 368 valence electrons. The van der Waals surface area contributed by atoms with E-state index in [1.165, 1.54) is 15.2 Å². The summed E-state index contributed by atoms with van der Waals surface area (Å²) in [5.74, 6) is -0.113. The van der Waals surface area contributed by atoms with Gasteiger partial charge in [-0.25, -0.2) is 19.2 Å². The zero-order chi connectivity index (χ0) is 49.6. The van der Waals surface area contributed by atoms with Gasteiger partial charge in [0.25, 0.3) is 0 Å². The SMILES string of the molecule is CCc1ccc2c(P(C)(C)=O)c(Nc3nc(Nc4cc(CC)c(N5CCC(N6CCN(C(=O)Cc7cccc8c7n(C)c(=O)n8C7CCC(=O)NC7=O)CC6)CC5)cc4OC)ncc3Br)cc(F)c2n1. The molecule has 0 bridgehead atoms. The van der Waals surface area contributed by atoms with Crippen molar-refractivity contribution in [3.63, 3.8) is 0 Å². The summed E-state index contributed by atoms with van der Waals surface area (Å²) < 4.78 is 38.8. The van der Waals surface area contributed by atoms with E-state index in [0.29, 0.717) is 74.7 Å². The molecule has 1 unspecified atom stereocenters. The highest BCUT2D eigenvalue weighted by Gasteiger charge is 2.34. The maximum absolute atomic E-state index is 15.6. The molecule has 17 nitrogen and oxygen atoms in total. The molecule has 1 atom stereocenters. The van der Waals surface area contributed by atoms with Gasteiger partial charge < -0.3 is 29.7 Å². The molecule has 70 heavy (non-hydrogen) atoms. The summed E-state index contributed by atoms with van der Waals surface area (Å²) in [5.41, 5.74) is 5.75. The first-order chi connectivity index (χ1) is 33.6. The number of amides is 3. The number of anilines is 5. The highest BCUT2D eigenvalue weighted by atomic mass is 79.9. The molecule has 6 aromatic rings. The highest BCUT2D eigenvalue weighted by Crippen LogP contribution is 2.43. The Morgan fingerprint density at radius 1 is 0.929 bits per heavy atom. The van der Waals surface area contributed by atoms with Crippen molar-refractivity contribution in [1.82, 2.24) is 39.2 Å². The van der Waals surface area contributed by atoms with E-state index in [0.717, 1.165) is 67.9 Å². The number of benzene rings is 3. The number of carbonyl (C=O) groups excluding carboxylic acids is 3. The van der Waals surface area contributed by atoms with Gasteiger partial charge in [-0.05, 0) is 90.7 Å². The molecule has 3 aromatic heterocycles. The lowest BCUT2D eigenvalue weighted by molar-refractivity contribution is -0.136. The van der Waals surface area contributed by atoms with Gasteiger partial charge in [0, 0.05) is 99.2 Å². The molecule has 0 spiro atoms. The molecule has 3 aliphatic rings. The van der Waals surface area contributed by atoms with Crippen LogP contribution in [0.15, 0.2) is 64.0 Å². The monoisotopic (exact) mass is 1040 g/mol. The number of carbonyl (C=O) groups is 3. The molecule has 0 saturated carbocycles. The number of nitrogens with one attached hydrogen (secondary N) is 3. The zero-order valence-electron chi connectivity index (χ0n) is 40.3. The molecule has 6 heterocycles. The van der Waals surface area contributed by atoms with Crippen LogP contribution in [0.5, 0.6) is 5.75 Å².